The summed E-state index contributed by atoms with van der Waals surface area (Å²) in [5.41, 5.74) is 2.00. The lowest BCUT2D eigenvalue weighted by Gasteiger charge is -2.12. The zero-order valence-electron chi connectivity index (χ0n) is 18.0. The summed E-state index contributed by atoms with van der Waals surface area (Å²) in [4.78, 5) is 12.8. The Balaban J connectivity index is 1.38. The van der Waals surface area contributed by atoms with Gasteiger partial charge in [-0.2, -0.15) is 5.10 Å². The molecule has 1 aromatic heterocycles. The molecule has 0 radical (unpaired) electrons. The molecule has 4 rings (SSSR count). The van der Waals surface area contributed by atoms with E-state index >= 15 is 0 Å². The van der Waals surface area contributed by atoms with Crippen molar-refractivity contribution in [3.63, 3.8) is 0 Å². The van der Waals surface area contributed by atoms with E-state index in [1.165, 1.54) is 19.3 Å². The van der Waals surface area contributed by atoms with E-state index in [2.05, 4.69) is 17.3 Å². The fourth-order valence-electron chi connectivity index (χ4n) is 4.01. The summed E-state index contributed by atoms with van der Waals surface area (Å²) < 4.78 is 31.3. The number of aromatic nitrogens is 2. The van der Waals surface area contributed by atoms with E-state index in [0.29, 0.717) is 30.3 Å². The smallest absolute Gasteiger partial charge is 0.276 e. The van der Waals surface area contributed by atoms with Crippen LogP contribution in [0.15, 0.2) is 30.3 Å². The molecule has 1 saturated heterocycles. The molecule has 0 spiro atoms. The van der Waals surface area contributed by atoms with Crippen LogP contribution in [0.2, 0.25) is 0 Å². The summed E-state index contributed by atoms with van der Waals surface area (Å²) in [6.45, 7) is 2.88. The van der Waals surface area contributed by atoms with Crippen molar-refractivity contribution in [2.45, 2.75) is 63.8 Å². The molecule has 2 fully saturated rings. The van der Waals surface area contributed by atoms with E-state index in [0.717, 1.165) is 30.7 Å². The number of carbonyl (C=O) groups excluding carboxylic acids is 1. The fraction of sp³-hybridized carbons (Fsp3) is 0.565. The Hall–Kier alpha value is -2.35. The molecule has 1 unspecified atom stereocenters. The van der Waals surface area contributed by atoms with E-state index in [1.807, 2.05) is 30.3 Å². The molecule has 2 aliphatic rings. The first-order chi connectivity index (χ1) is 14.9. The molecule has 2 aromatic rings. The van der Waals surface area contributed by atoms with Crippen LogP contribution in [0.5, 0.6) is 5.75 Å². The molecule has 1 amide bonds. The summed E-state index contributed by atoms with van der Waals surface area (Å²) in [7, 11) is -3.01. The summed E-state index contributed by atoms with van der Waals surface area (Å²) in [5, 5.41) is 7.40. The van der Waals surface area contributed by atoms with Gasteiger partial charge in [0.2, 0.25) is 0 Å². The number of amides is 1. The van der Waals surface area contributed by atoms with Gasteiger partial charge in [-0.15, -0.1) is 0 Å². The molecule has 7 nitrogen and oxygen atoms in total. The summed E-state index contributed by atoms with van der Waals surface area (Å²) >= 11 is 0. The van der Waals surface area contributed by atoms with Crippen molar-refractivity contribution in [3.05, 3.63) is 41.7 Å². The highest BCUT2D eigenvalue weighted by Gasteiger charge is 2.36. The molecule has 1 N–H and O–H groups in total. The number of ether oxygens (including phenoxy) is 1. The summed E-state index contributed by atoms with van der Waals surface area (Å²) in [6, 6.07) is 9.01. The van der Waals surface area contributed by atoms with Crippen molar-refractivity contribution in [2.75, 3.05) is 23.4 Å². The van der Waals surface area contributed by atoms with E-state index in [9.17, 15) is 13.2 Å². The lowest BCUT2D eigenvalue weighted by molar-refractivity contribution is 0.102. The maximum absolute atomic E-state index is 12.8. The molecule has 168 valence electrons. The monoisotopic (exact) mass is 445 g/mol. The highest BCUT2D eigenvalue weighted by atomic mass is 32.2. The quantitative estimate of drug-likeness (QED) is 0.550. The van der Waals surface area contributed by atoms with Crippen LogP contribution < -0.4 is 10.1 Å². The number of benzene rings is 1. The van der Waals surface area contributed by atoms with Crippen molar-refractivity contribution in [1.29, 1.82) is 0 Å². The first kappa shape index (κ1) is 21.9. The average molecular weight is 446 g/mol. The van der Waals surface area contributed by atoms with Crippen LogP contribution in [0.3, 0.4) is 0 Å². The molecule has 1 saturated carbocycles. The Morgan fingerprint density at radius 3 is 2.58 bits per heavy atom. The third-order valence-corrected chi connectivity index (χ3v) is 7.68. The second kappa shape index (κ2) is 9.42. The molecule has 8 heteroatoms. The van der Waals surface area contributed by atoms with Gasteiger partial charge in [-0.3, -0.25) is 9.48 Å². The molecule has 1 atom stereocenters. The minimum atomic E-state index is -3.01. The Morgan fingerprint density at radius 1 is 1.16 bits per heavy atom. The van der Waals surface area contributed by atoms with Gasteiger partial charge in [-0.25, -0.2) is 8.42 Å². The van der Waals surface area contributed by atoms with E-state index in [-0.39, 0.29) is 23.5 Å². The maximum Gasteiger partial charge on any atom is 0.276 e. The Bertz CT molecular complexity index is 1010. The van der Waals surface area contributed by atoms with Gasteiger partial charge in [-0.1, -0.05) is 26.2 Å². The standard InChI is InChI=1S/C23H31N3O4S/c1-2-3-4-5-13-30-20-10-8-18(9-11-20)24-23(27)21-15-22(17-6-7-17)26(25-21)19-12-14-31(28,29)16-19/h8-11,15,17,19H,2-7,12-14,16H2,1H3,(H,24,27). The van der Waals surface area contributed by atoms with Gasteiger partial charge >= 0.3 is 0 Å². The minimum Gasteiger partial charge on any atom is -0.494 e. The lowest BCUT2D eigenvalue weighted by Crippen LogP contribution is -2.17. The van der Waals surface area contributed by atoms with Crippen molar-refractivity contribution >= 4 is 21.4 Å². The topological polar surface area (TPSA) is 90.3 Å². The summed E-state index contributed by atoms with van der Waals surface area (Å²) in [5.74, 6) is 1.18. The number of nitrogens with zero attached hydrogens (tertiary/aromatic N) is 2. The predicted molar refractivity (Wildman–Crippen MR) is 121 cm³/mol. The molecular formula is C23H31N3O4S. The number of rotatable bonds is 10. The van der Waals surface area contributed by atoms with Crippen LogP contribution in [0, 0.1) is 0 Å². The zero-order chi connectivity index (χ0) is 21.8. The Morgan fingerprint density at radius 2 is 1.94 bits per heavy atom. The van der Waals surface area contributed by atoms with Gasteiger partial charge < -0.3 is 10.1 Å². The average Bonchev–Trinajstić information content (AvgIpc) is 3.39. The molecule has 0 bridgehead atoms. The number of hydrogen-bond acceptors (Lipinski definition) is 5. The fourth-order valence-corrected chi connectivity index (χ4v) is 5.71. The molecule has 2 heterocycles. The molecular weight excluding hydrogens is 414 g/mol. The number of unbranched alkanes of at least 4 members (excludes halogenated alkanes) is 3. The first-order valence-electron chi connectivity index (χ1n) is 11.3. The lowest BCUT2D eigenvalue weighted by atomic mass is 10.2. The third-order valence-electron chi connectivity index (χ3n) is 5.93. The van der Waals surface area contributed by atoms with Crippen molar-refractivity contribution < 1.29 is 17.9 Å². The van der Waals surface area contributed by atoms with E-state index in [1.54, 1.807) is 4.68 Å². The Labute approximate surface area is 184 Å². The van der Waals surface area contributed by atoms with Crippen LogP contribution in [0.1, 0.15) is 80.0 Å². The number of carbonyl (C=O) groups is 1. The van der Waals surface area contributed by atoms with Gasteiger partial charge in [0.05, 0.1) is 24.2 Å². The van der Waals surface area contributed by atoms with E-state index in [4.69, 9.17) is 4.74 Å². The SMILES string of the molecule is CCCCCCOc1ccc(NC(=O)c2cc(C3CC3)n(C3CCS(=O)(=O)C3)n2)cc1. The highest BCUT2D eigenvalue weighted by Crippen LogP contribution is 2.42. The Kier molecular flexibility index (Phi) is 6.65. The second-order valence-corrected chi connectivity index (χ2v) is 10.8. The highest BCUT2D eigenvalue weighted by molar-refractivity contribution is 7.91. The van der Waals surface area contributed by atoms with Gasteiger partial charge in [0.1, 0.15) is 5.75 Å². The largest absolute Gasteiger partial charge is 0.494 e. The number of hydrogen-bond donors (Lipinski definition) is 1. The van der Waals surface area contributed by atoms with Crippen LogP contribution >= 0.6 is 0 Å². The van der Waals surface area contributed by atoms with Crippen molar-refractivity contribution in [2.24, 2.45) is 0 Å². The van der Waals surface area contributed by atoms with Gasteiger partial charge in [-0.05, 0) is 56.0 Å². The molecule has 1 aliphatic carbocycles. The van der Waals surface area contributed by atoms with Gasteiger partial charge in [0, 0.05) is 17.3 Å². The van der Waals surface area contributed by atoms with Gasteiger partial charge in [0.25, 0.3) is 5.91 Å². The normalized spacial score (nSPS) is 20.0. The number of nitrogens with one attached hydrogen (secondary N) is 1. The number of anilines is 1. The summed E-state index contributed by atoms with van der Waals surface area (Å²) in [6.07, 6.45) is 7.33. The maximum atomic E-state index is 12.8. The molecule has 31 heavy (non-hydrogen) atoms. The zero-order valence-corrected chi connectivity index (χ0v) is 18.9. The second-order valence-electron chi connectivity index (χ2n) is 8.62. The van der Waals surface area contributed by atoms with Crippen molar-refractivity contribution in [3.8, 4) is 5.75 Å². The van der Waals surface area contributed by atoms with Gasteiger partial charge in [0.15, 0.2) is 15.5 Å². The van der Waals surface area contributed by atoms with Crippen LogP contribution in [0.4, 0.5) is 5.69 Å². The minimum absolute atomic E-state index is 0.107. The van der Waals surface area contributed by atoms with Crippen molar-refractivity contribution in [1.82, 2.24) is 9.78 Å². The van der Waals surface area contributed by atoms with Crippen LogP contribution in [-0.4, -0.2) is 42.2 Å². The molecule has 1 aromatic carbocycles. The van der Waals surface area contributed by atoms with E-state index < -0.39 is 9.84 Å². The third kappa shape index (κ3) is 5.67. The number of sulfone groups is 1. The first-order valence-corrected chi connectivity index (χ1v) is 13.1. The molecule has 1 aliphatic heterocycles. The van der Waals surface area contributed by atoms with Crippen LogP contribution in [-0.2, 0) is 9.84 Å². The van der Waals surface area contributed by atoms with Crippen LogP contribution in [0.25, 0.3) is 0 Å². The predicted octanol–water partition coefficient (Wildman–Crippen LogP) is 4.33.